The fourth-order valence-corrected chi connectivity index (χ4v) is 4.51. The monoisotopic (exact) mass is 522 g/mol. The number of carbonyl (C=O) groups excluding carboxylic acids is 3. The minimum absolute atomic E-state index is 0.0414. The van der Waals surface area contributed by atoms with Gasteiger partial charge in [0.05, 0.1) is 12.7 Å². The number of aromatic nitrogens is 1. The number of halogens is 3. The number of nitrogens with zero attached hydrogens (tertiary/aromatic N) is 3. The Labute approximate surface area is 207 Å². The molecule has 0 aliphatic carbocycles. The maximum absolute atomic E-state index is 14.9. The van der Waals surface area contributed by atoms with Crippen molar-refractivity contribution in [1.29, 1.82) is 0 Å². The molecule has 1 saturated heterocycles. The topological polar surface area (TPSA) is 110 Å². The number of aliphatic imine (C=N–C) groups is 1. The van der Waals surface area contributed by atoms with Crippen LogP contribution in [0.25, 0.3) is 0 Å². The van der Waals surface area contributed by atoms with Crippen molar-refractivity contribution < 1.29 is 37.0 Å². The summed E-state index contributed by atoms with van der Waals surface area (Å²) in [7, 11) is 1.08. The van der Waals surface area contributed by atoms with Crippen LogP contribution in [-0.4, -0.2) is 52.4 Å². The molecule has 0 unspecified atom stereocenters. The highest BCUT2D eigenvalue weighted by atomic mass is 32.1. The van der Waals surface area contributed by atoms with Crippen molar-refractivity contribution in [1.82, 2.24) is 15.2 Å². The molecule has 0 radical (unpaired) electrons. The first kappa shape index (κ1) is 25.4. The highest BCUT2D eigenvalue weighted by Gasteiger charge is 2.48. The van der Waals surface area contributed by atoms with Gasteiger partial charge in [-0.3, -0.25) is 14.7 Å². The fraction of sp³-hybridized carbons (Fsp3) is 0.348. The molecule has 1 fully saturated rings. The molecule has 2 aliphatic heterocycles. The number of thiazole rings is 1. The van der Waals surface area contributed by atoms with E-state index in [1.54, 1.807) is 26.2 Å². The summed E-state index contributed by atoms with van der Waals surface area (Å²) in [5, 5.41) is 4.33. The third kappa shape index (κ3) is 4.57. The summed E-state index contributed by atoms with van der Waals surface area (Å²) in [6.07, 6.45) is 0.387. The number of rotatable bonds is 4. The van der Waals surface area contributed by atoms with Gasteiger partial charge in [-0.05, 0) is 26.8 Å². The minimum Gasteiger partial charge on any atom is -0.466 e. The van der Waals surface area contributed by atoms with Gasteiger partial charge in [0.2, 0.25) is 0 Å². The number of carbonyl (C=O) groups is 3. The summed E-state index contributed by atoms with van der Waals surface area (Å²) in [4.78, 5) is 48.3. The predicted octanol–water partition coefficient (Wildman–Crippen LogP) is 3.61. The van der Waals surface area contributed by atoms with Crippen LogP contribution in [0.1, 0.15) is 43.8 Å². The lowest BCUT2D eigenvalue weighted by molar-refractivity contribution is -0.136. The first-order valence-corrected chi connectivity index (χ1v) is 11.6. The number of hydrogen-bond donors (Lipinski definition) is 1. The van der Waals surface area contributed by atoms with Crippen molar-refractivity contribution in [2.24, 2.45) is 4.99 Å². The van der Waals surface area contributed by atoms with E-state index in [0.29, 0.717) is 6.07 Å². The summed E-state index contributed by atoms with van der Waals surface area (Å²) >= 11 is 1.11. The number of benzene rings is 1. The van der Waals surface area contributed by atoms with Gasteiger partial charge in [-0.2, -0.15) is 0 Å². The Morgan fingerprint density at radius 1 is 1.19 bits per heavy atom. The molecule has 2 atom stereocenters. The second-order valence-corrected chi connectivity index (χ2v) is 9.78. The molecule has 0 bridgehead atoms. The SMILES string of the molecule is COC(=O)C1=C2C[C@H](NC(=O)OC(C)(C)C)C(=O)N2C(c2nccs2)=N[C@@H]1c1ccc(F)c(F)c1F. The minimum atomic E-state index is -1.73. The van der Waals surface area contributed by atoms with Gasteiger partial charge in [-0.15, -0.1) is 11.3 Å². The Morgan fingerprint density at radius 2 is 1.92 bits per heavy atom. The van der Waals surface area contributed by atoms with Crippen LogP contribution in [0.2, 0.25) is 0 Å². The number of methoxy groups -OCH3 is 1. The van der Waals surface area contributed by atoms with Gasteiger partial charge in [0.15, 0.2) is 28.3 Å². The third-order valence-corrected chi connectivity index (χ3v) is 6.08. The van der Waals surface area contributed by atoms with Gasteiger partial charge in [0.25, 0.3) is 5.91 Å². The van der Waals surface area contributed by atoms with Crippen molar-refractivity contribution in [2.75, 3.05) is 7.11 Å². The van der Waals surface area contributed by atoms with Crippen LogP contribution in [0.3, 0.4) is 0 Å². The average molecular weight is 523 g/mol. The zero-order chi connectivity index (χ0) is 26.4. The lowest BCUT2D eigenvalue weighted by Crippen LogP contribution is -2.45. The molecule has 0 spiro atoms. The van der Waals surface area contributed by atoms with Crippen molar-refractivity contribution >= 4 is 35.1 Å². The zero-order valence-corrected chi connectivity index (χ0v) is 20.4. The molecular weight excluding hydrogens is 501 g/mol. The number of nitrogens with one attached hydrogen (secondary N) is 1. The van der Waals surface area contributed by atoms with Gasteiger partial charge in [-0.25, -0.2) is 27.7 Å². The molecule has 9 nitrogen and oxygen atoms in total. The van der Waals surface area contributed by atoms with Crippen LogP contribution < -0.4 is 5.32 Å². The molecule has 3 heterocycles. The number of amides is 2. The van der Waals surface area contributed by atoms with Crippen molar-refractivity contribution in [2.45, 2.75) is 44.9 Å². The van der Waals surface area contributed by atoms with Gasteiger partial charge in [-0.1, -0.05) is 6.07 Å². The largest absolute Gasteiger partial charge is 0.466 e. The molecule has 190 valence electrons. The van der Waals surface area contributed by atoms with Crippen LogP contribution in [0.5, 0.6) is 0 Å². The molecule has 2 aromatic rings. The standard InChI is InChI=1S/C23H21F3N4O5S/c1-23(2,3)35-22(33)28-12-9-13-14(21(32)34-4)17(10-5-6-11(24)16(26)15(10)25)29-18(30(13)20(12)31)19-27-7-8-36-19/h5-8,12,17H,9H2,1-4H3,(H,28,33)/t12-,17+/m0/s1. The van der Waals surface area contributed by atoms with E-state index in [-0.39, 0.29) is 28.5 Å². The maximum atomic E-state index is 14.9. The highest BCUT2D eigenvalue weighted by molar-refractivity contribution is 7.11. The predicted molar refractivity (Wildman–Crippen MR) is 121 cm³/mol. The zero-order valence-electron chi connectivity index (χ0n) is 19.6. The Balaban J connectivity index is 1.86. The number of ether oxygens (including phenoxy) is 2. The Hall–Kier alpha value is -3.74. The molecule has 4 rings (SSSR count). The van der Waals surface area contributed by atoms with Gasteiger partial charge in [0, 0.05) is 29.3 Å². The summed E-state index contributed by atoms with van der Waals surface area (Å²) in [6.45, 7) is 4.95. The van der Waals surface area contributed by atoms with Crippen LogP contribution >= 0.6 is 11.3 Å². The molecular formula is C23H21F3N4O5S. The molecule has 2 amide bonds. The first-order valence-electron chi connectivity index (χ1n) is 10.7. The average Bonchev–Trinajstić information content (AvgIpc) is 3.44. The second-order valence-electron chi connectivity index (χ2n) is 8.89. The van der Waals surface area contributed by atoms with Crippen molar-refractivity contribution in [3.63, 3.8) is 0 Å². The number of esters is 1. The fourth-order valence-electron chi connectivity index (χ4n) is 3.89. The molecule has 1 aromatic heterocycles. The number of hydrogen-bond acceptors (Lipinski definition) is 8. The molecule has 36 heavy (non-hydrogen) atoms. The van der Waals surface area contributed by atoms with Gasteiger partial charge < -0.3 is 14.8 Å². The molecule has 13 heteroatoms. The van der Waals surface area contributed by atoms with E-state index >= 15 is 0 Å². The van der Waals surface area contributed by atoms with Gasteiger partial charge >= 0.3 is 12.1 Å². The van der Waals surface area contributed by atoms with E-state index in [1.165, 1.54) is 6.20 Å². The summed E-state index contributed by atoms with van der Waals surface area (Å²) < 4.78 is 52.7. The number of amidine groups is 1. The Kier molecular flexibility index (Phi) is 6.60. The number of fused-ring (bicyclic) bond motifs is 1. The first-order chi connectivity index (χ1) is 16.9. The third-order valence-electron chi connectivity index (χ3n) is 5.31. The van der Waals surface area contributed by atoms with Gasteiger partial charge in [0.1, 0.15) is 17.7 Å². The summed E-state index contributed by atoms with van der Waals surface area (Å²) in [5.41, 5.74) is -1.48. The second kappa shape index (κ2) is 9.37. The van der Waals surface area contributed by atoms with E-state index < -0.39 is 58.7 Å². The van der Waals surface area contributed by atoms with E-state index in [0.717, 1.165) is 29.4 Å². The number of alkyl carbamates (subject to hydrolysis) is 1. The highest BCUT2D eigenvalue weighted by Crippen LogP contribution is 2.42. The van der Waals surface area contributed by atoms with Crippen LogP contribution in [0.15, 0.2) is 40.0 Å². The van der Waals surface area contributed by atoms with E-state index in [2.05, 4.69) is 15.3 Å². The smallest absolute Gasteiger partial charge is 0.408 e. The normalized spacial score (nSPS) is 19.7. The quantitative estimate of drug-likeness (QED) is 0.485. The van der Waals surface area contributed by atoms with Crippen LogP contribution in [0, 0.1) is 17.5 Å². The molecule has 1 aromatic carbocycles. The van der Waals surface area contributed by atoms with Crippen LogP contribution in [-0.2, 0) is 19.1 Å². The van der Waals surface area contributed by atoms with Crippen LogP contribution in [0.4, 0.5) is 18.0 Å². The molecule has 1 N–H and O–H groups in total. The maximum Gasteiger partial charge on any atom is 0.408 e. The van der Waals surface area contributed by atoms with Crippen molar-refractivity contribution in [3.8, 4) is 0 Å². The summed E-state index contributed by atoms with van der Waals surface area (Å²) in [5.74, 6) is -6.33. The van der Waals surface area contributed by atoms with E-state index in [9.17, 15) is 27.6 Å². The Bertz CT molecular complexity index is 1300. The van der Waals surface area contributed by atoms with E-state index in [1.807, 2.05) is 0 Å². The lowest BCUT2D eigenvalue weighted by atomic mass is 9.94. The Morgan fingerprint density at radius 3 is 2.53 bits per heavy atom. The molecule has 2 aliphatic rings. The lowest BCUT2D eigenvalue weighted by Gasteiger charge is -2.30. The van der Waals surface area contributed by atoms with E-state index in [4.69, 9.17) is 9.47 Å². The van der Waals surface area contributed by atoms with Crippen molar-refractivity contribution in [3.05, 3.63) is 63.0 Å². The molecule has 0 saturated carbocycles. The summed E-state index contributed by atoms with van der Waals surface area (Å²) in [6, 6.07) is -0.961.